The molecule has 0 aromatic heterocycles. The maximum Gasteiger partial charge on any atom is 0.137 e. The van der Waals surface area contributed by atoms with Gasteiger partial charge in [-0.1, -0.05) is 50.7 Å². The van der Waals surface area contributed by atoms with E-state index in [1.54, 1.807) is 6.07 Å². The van der Waals surface area contributed by atoms with Crippen LogP contribution in [0.4, 0.5) is 4.39 Å². The number of halogens is 1. The summed E-state index contributed by atoms with van der Waals surface area (Å²) in [4.78, 5) is 1.67. The molecule has 3 heteroatoms. The van der Waals surface area contributed by atoms with Crippen LogP contribution in [0.1, 0.15) is 44.9 Å². The standard InChI is InChI=1S/C18H22FNS/c1-12(20)13-5-10-17(16(19)11-13)21-15-8-6-14(7-9-15)18(2,3)4/h5-12H,20H2,1-4H3. The van der Waals surface area contributed by atoms with Crippen molar-refractivity contribution in [2.45, 2.75) is 48.9 Å². The van der Waals surface area contributed by atoms with Crippen molar-refractivity contribution in [3.8, 4) is 0 Å². The van der Waals surface area contributed by atoms with Gasteiger partial charge in [-0.25, -0.2) is 4.39 Å². The van der Waals surface area contributed by atoms with Crippen molar-refractivity contribution in [2.75, 3.05) is 0 Å². The lowest BCUT2D eigenvalue weighted by Gasteiger charge is -2.19. The molecule has 0 radical (unpaired) electrons. The Morgan fingerprint density at radius 2 is 1.67 bits per heavy atom. The lowest BCUT2D eigenvalue weighted by Crippen LogP contribution is -2.10. The second kappa shape index (κ2) is 6.20. The number of benzene rings is 2. The molecule has 0 amide bonds. The molecule has 2 N–H and O–H groups in total. The summed E-state index contributed by atoms with van der Waals surface area (Å²) in [7, 11) is 0. The van der Waals surface area contributed by atoms with Gasteiger partial charge < -0.3 is 5.73 Å². The monoisotopic (exact) mass is 303 g/mol. The molecule has 0 fully saturated rings. The van der Waals surface area contributed by atoms with Crippen molar-refractivity contribution < 1.29 is 4.39 Å². The quantitative estimate of drug-likeness (QED) is 0.833. The molecule has 2 aromatic carbocycles. The van der Waals surface area contributed by atoms with E-state index in [2.05, 4.69) is 32.9 Å². The first-order valence-corrected chi connectivity index (χ1v) is 7.92. The van der Waals surface area contributed by atoms with E-state index < -0.39 is 0 Å². The molecule has 0 aliphatic rings. The van der Waals surface area contributed by atoms with Crippen LogP contribution < -0.4 is 5.73 Å². The maximum atomic E-state index is 14.1. The van der Waals surface area contributed by atoms with E-state index in [1.807, 2.05) is 25.1 Å². The smallest absolute Gasteiger partial charge is 0.137 e. The third-order valence-corrected chi connectivity index (χ3v) is 4.49. The van der Waals surface area contributed by atoms with Gasteiger partial charge in [-0.05, 0) is 47.7 Å². The summed E-state index contributed by atoms with van der Waals surface area (Å²) in [6.45, 7) is 8.40. The minimum absolute atomic E-state index is 0.132. The van der Waals surface area contributed by atoms with E-state index in [9.17, 15) is 4.39 Å². The molecule has 2 aromatic rings. The van der Waals surface area contributed by atoms with Gasteiger partial charge in [0, 0.05) is 15.8 Å². The summed E-state index contributed by atoms with van der Waals surface area (Å²) < 4.78 is 14.1. The molecule has 0 saturated carbocycles. The van der Waals surface area contributed by atoms with Crippen LogP contribution in [-0.4, -0.2) is 0 Å². The van der Waals surface area contributed by atoms with Gasteiger partial charge in [0.05, 0.1) is 0 Å². The van der Waals surface area contributed by atoms with E-state index >= 15 is 0 Å². The molecule has 0 heterocycles. The highest BCUT2D eigenvalue weighted by Gasteiger charge is 2.13. The lowest BCUT2D eigenvalue weighted by molar-refractivity contribution is 0.589. The molecule has 1 unspecified atom stereocenters. The van der Waals surface area contributed by atoms with E-state index in [-0.39, 0.29) is 17.3 Å². The third kappa shape index (κ3) is 4.08. The normalized spacial score (nSPS) is 13.2. The minimum atomic E-state index is -0.213. The predicted molar refractivity (Wildman–Crippen MR) is 88.3 cm³/mol. The van der Waals surface area contributed by atoms with Crippen LogP contribution >= 0.6 is 11.8 Å². The van der Waals surface area contributed by atoms with E-state index in [0.717, 1.165) is 10.5 Å². The number of hydrogen-bond acceptors (Lipinski definition) is 2. The van der Waals surface area contributed by atoms with E-state index in [4.69, 9.17) is 5.73 Å². The zero-order valence-corrected chi connectivity index (χ0v) is 13.8. The molecule has 112 valence electrons. The fourth-order valence-electron chi connectivity index (χ4n) is 2.03. The molecule has 21 heavy (non-hydrogen) atoms. The molecule has 0 spiro atoms. The van der Waals surface area contributed by atoms with Crippen molar-refractivity contribution in [3.63, 3.8) is 0 Å². The maximum absolute atomic E-state index is 14.1. The molecular formula is C18H22FNS. The average Bonchev–Trinajstić information content (AvgIpc) is 2.40. The van der Waals surface area contributed by atoms with Crippen molar-refractivity contribution >= 4 is 11.8 Å². The highest BCUT2D eigenvalue weighted by molar-refractivity contribution is 7.99. The van der Waals surface area contributed by atoms with Gasteiger partial charge in [0.1, 0.15) is 5.82 Å². The van der Waals surface area contributed by atoms with Crippen LogP contribution in [0.5, 0.6) is 0 Å². The molecule has 0 aliphatic heterocycles. The Balaban J connectivity index is 2.19. The molecule has 0 aliphatic carbocycles. The summed E-state index contributed by atoms with van der Waals surface area (Å²) in [6, 6.07) is 13.4. The second-order valence-electron chi connectivity index (χ2n) is 6.35. The Morgan fingerprint density at radius 1 is 1.05 bits per heavy atom. The summed E-state index contributed by atoms with van der Waals surface area (Å²) in [6.07, 6.45) is 0. The lowest BCUT2D eigenvalue weighted by atomic mass is 9.87. The highest BCUT2D eigenvalue weighted by atomic mass is 32.2. The Bertz CT molecular complexity index is 612. The number of rotatable bonds is 3. The van der Waals surface area contributed by atoms with Crippen LogP contribution in [0.25, 0.3) is 0 Å². The Hall–Kier alpha value is -1.32. The van der Waals surface area contributed by atoms with Gasteiger partial charge in [-0.2, -0.15) is 0 Å². The third-order valence-electron chi connectivity index (χ3n) is 3.43. The van der Waals surface area contributed by atoms with E-state index in [1.165, 1.54) is 23.4 Å². The fraction of sp³-hybridized carbons (Fsp3) is 0.333. The summed E-state index contributed by atoms with van der Waals surface area (Å²) in [5, 5.41) is 0. The first-order valence-electron chi connectivity index (χ1n) is 7.11. The van der Waals surface area contributed by atoms with Crippen LogP contribution in [0, 0.1) is 5.82 Å². The molecule has 0 bridgehead atoms. The van der Waals surface area contributed by atoms with Crippen molar-refractivity contribution in [2.24, 2.45) is 5.73 Å². The Labute approximate surface area is 130 Å². The van der Waals surface area contributed by atoms with Crippen LogP contribution in [0.3, 0.4) is 0 Å². The van der Waals surface area contributed by atoms with E-state index in [0.29, 0.717) is 4.90 Å². The Kier molecular flexibility index (Phi) is 4.74. The molecule has 1 nitrogen and oxygen atoms in total. The fourth-order valence-corrected chi connectivity index (χ4v) is 2.85. The topological polar surface area (TPSA) is 26.0 Å². The van der Waals surface area contributed by atoms with Gasteiger partial charge in [-0.3, -0.25) is 0 Å². The average molecular weight is 303 g/mol. The van der Waals surface area contributed by atoms with Crippen LogP contribution in [0.2, 0.25) is 0 Å². The van der Waals surface area contributed by atoms with Gasteiger partial charge in [0.25, 0.3) is 0 Å². The highest BCUT2D eigenvalue weighted by Crippen LogP contribution is 2.32. The molecule has 0 saturated heterocycles. The van der Waals surface area contributed by atoms with Gasteiger partial charge in [0.2, 0.25) is 0 Å². The molecular weight excluding hydrogens is 281 g/mol. The number of nitrogens with two attached hydrogens (primary N) is 1. The largest absolute Gasteiger partial charge is 0.324 e. The SMILES string of the molecule is CC(N)c1ccc(Sc2ccc(C(C)(C)C)cc2)c(F)c1. The molecule has 2 rings (SSSR count). The van der Waals surface area contributed by atoms with Crippen LogP contribution in [-0.2, 0) is 5.41 Å². The number of hydrogen-bond donors (Lipinski definition) is 1. The summed E-state index contributed by atoms with van der Waals surface area (Å²) >= 11 is 1.44. The van der Waals surface area contributed by atoms with Gasteiger partial charge in [-0.15, -0.1) is 0 Å². The zero-order valence-electron chi connectivity index (χ0n) is 13.0. The molecule has 1 atom stereocenters. The summed E-state index contributed by atoms with van der Waals surface area (Å²) in [5.74, 6) is -0.213. The van der Waals surface area contributed by atoms with Gasteiger partial charge >= 0.3 is 0 Å². The predicted octanol–water partition coefficient (Wildman–Crippen LogP) is 5.29. The van der Waals surface area contributed by atoms with Crippen molar-refractivity contribution in [1.29, 1.82) is 0 Å². The first-order chi connectivity index (χ1) is 9.77. The van der Waals surface area contributed by atoms with Crippen molar-refractivity contribution in [1.82, 2.24) is 0 Å². The van der Waals surface area contributed by atoms with Gasteiger partial charge in [0.15, 0.2) is 0 Å². The minimum Gasteiger partial charge on any atom is -0.324 e. The Morgan fingerprint density at radius 3 is 2.14 bits per heavy atom. The summed E-state index contributed by atoms with van der Waals surface area (Å²) in [5.41, 5.74) is 8.00. The van der Waals surface area contributed by atoms with Crippen LogP contribution in [0.15, 0.2) is 52.3 Å². The zero-order chi connectivity index (χ0) is 15.6. The second-order valence-corrected chi connectivity index (χ2v) is 7.47. The van der Waals surface area contributed by atoms with Crippen molar-refractivity contribution in [3.05, 3.63) is 59.4 Å². The first kappa shape index (κ1) is 16.1.